The number of alkyl halides is 1. The van der Waals surface area contributed by atoms with Crippen LogP contribution >= 0.6 is 31.9 Å². The molecule has 0 nitrogen and oxygen atoms in total. The number of hydrogen-bond acceptors (Lipinski definition) is 0. The molecule has 0 saturated carbocycles. The number of benzene rings is 2. The lowest BCUT2D eigenvalue weighted by atomic mass is 10.0. The van der Waals surface area contributed by atoms with Crippen molar-refractivity contribution in [2.45, 2.75) is 18.2 Å². The first-order valence-corrected chi connectivity index (χ1v) is 7.53. The van der Waals surface area contributed by atoms with Crippen molar-refractivity contribution in [3.63, 3.8) is 0 Å². The summed E-state index contributed by atoms with van der Waals surface area (Å²) in [5.74, 6) is -1.05. The lowest BCUT2D eigenvalue weighted by molar-refractivity contribution is 0.571. The highest BCUT2D eigenvalue weighted by molar-refractivity contribution is 9.10. The summed E-state index contributed by atoms with van der Waals surface area (Å²) >= 11 is 7.06. The molecule has 0 radical (unpaired) electrons. The highest BCUT2D eigenvalue weighted by atomic mass is 79.9. The van der Waals surface area contributed by atoms with Gasteiger partial charge in [0.25, 0.3) is 0 Å². The van der Waals surface area contributed by atoms with Crippen LogP contribution in [0.2, 0.25) is 0 Å². The Morgan fingerprint density at radius 1 is 1.16 bits per heavy atom. The van der Waals surface area contributed by atoms with Crippen LogP contribution in [0.1, 0.15) is 21.5 Å². The fraction of sp³-hybridized carbons (Fsp3) is 0.200. The van der Waals surface area contributed by atoms with E-state index in [-0.39, 0.29) is 4.83 Å². The zero-order chi connectivity index (χ0) is 14.0. The Bertz CT molecular complexity index is 597. The molecular formula is C15H12Br2F2. The third-order valence-corrected chi connectivity index (χ3v) is 4.74. The number of hydrogen-bond donors (Lipinski definition) is 0. The fourth-order valence-corrected chi connectivity index (χ4v) is 3.18. The van der Waals surface area contributed by atoms with Gasteiger partial charge in [0.05, 0.1) is 0 Å². The van der Waals surface area contributed by atoms with E-state index in [9.17, 15) is 8.78 Å². The Morgan fingerprint density at radius 2 is 1.89 bits per heavy atom. The minimum Gasteiger partial charge on any atom is -0.207 e. The molecule has 0 fully saturated rings. The average Bonchev–Trinajstić information content (AvgIpc) is 2.36. The second-order valence-corrected chi connectivity index (χ2v) is 6.32. The van der Waals surface area contributed by atoms with Crippen LogP contribution in [0.3, 0.4) is 0 Å². The smallest absolute Gasteiger partial charge is 0.129 e. The molecule has 19 heavy (non-hydrogen) atoms. The van der Waals surface area contributed by atoms with Crippen molar-refractivity contribution in [3.8, 4) is 0 Å². The van der Waals surface area contributed by atoms with Crippen molar-refractivity contribution < 1.29 is 8.78 Å². The van der Waals surface area contributed by atoms with Gasteiger partial charge in [0.15, 0.2) is 0 Å². The molecule has 0 aliphatic carbocycles. The highest BCUT2D eigenvalue weighted by Gasteiger charge is 2.15. The van der Waals surface area contributed by atoms with Crippen LogP contribution in [-0.2, 0) is 6.42 Å². The van der Waals surface area contributed by atoms with Crippen molar-refractivity contribution in [1.82, 2.24) is 0 Å². The molecule has 0 spiro atoms. The first kappa shape index (κ1) is 14.7. The standard InChI is InChI=1S/C15H12Br2F2/c1-9-12(3-2-4-13(9)16)14(17)7-10-5-6-11(18)8-15(10)19/h2-6,8,14H,7H2,1H3. The summed E-state index contributed by atoms with van der Waals surface area (Å²) in [6, 6.07) is 9.61. The molecule has 0 heterocycles. The van der Waals surface area contributed by atoms with E-state index in [1.165, 1.54) is 12.1 Å². The molecular weight excluding hydrogens is 378 g/mol. The van der Waals surface area contributed by atoms with Gasteiger partial charge in [0.2, 0.25) is 0 Å². The van der Waals surface area contributed by atoms with Gasteiger partial charge >= 0.3 is 0 Å². The SMILES string of the molecule is Cc1c(Br)cccc1C(Br)Cc1ccc(F)cc1F. The van der Waals surface area contributed by atoms with Gasteiger partial charge in [0.1, 0.15) is 11.6 Å². The Balaban J connectivity index is 2.25. The lowest BCUT2D eigenvalue weighted by Crippen LogP contribution is -2.01. The Labute approximate surface area is 128 Å². The van der Waals surface area contributed by atoms with E-state index in [1.807, 2.05) is 25.1 Å². The summed E-state index contributed by atoms with van der Waals surface area (Å²) in [5.41, 5.74) is 2.72. The van der Waals surface area contributed by atoms with Gasteiger partial charge in [-0.3, -0.25) is 0 Å². The topological polar surface area (TPSA) is 0 Å². The molecule has 0 saturated heterocycles. The molecule has 100 valence electrons. The van der Waals surface area contributed by atoms with E-state index < -0.39 is 11.6 Å². The van der Waals surface area contributed by atoms with E-state index in [0.29, 0.717) is 12.0 Å². The van der Waals surface area contributed by atoms with E-state index in [2.05, 4.69) is 31.9 Å². The second kappa shape index (κ2) is 6.14. The number of halogens is 4. The van der Waals surface area contributed by atoms with Gasteiger partial charge in [-0.15, -0.1) is 0 Å². The minimum absolute atomic E-state index is 0.00930. The molecule has 0 aliphatic rings. The molecule has 2 aromatic carbocycles. The zero-order valence-corrected chi connectivity index (χ0v) is 13.4. The maximum Gasteiger partial charge on any atom is 0.129 e. The number of rotatable bonds is 3. The summed E-state index contributed by atoms with van der Waals surface area (Å²) in [6.07, 6.45) is 0.476. The third kappa shape index (κ3) is 3.42. The molecule has 0 bridgehead atoms. The molecule has 1 atom stereocenters. The summed E-state index contributed by atoms with van der Waals surface area (Å²) in [5, 5.41) is 0. The largest absolute Gasteiger partial charge is 0.207 e. The summed E-state index contributed by atoms with van der Waals surface area (Å²) < 4.78 is 27.5. The second-order valence-electron chi connectivity index (χ2n) is 4.36. The normalized spacial score (nSPS) is 12.5. The molecule has 2 aromatic rings. The van der Waals surface area contributed by atoms with Crippen molar-refractivity contribution in [3.05, 3.63) is 69.2 Å². The van der Waals surface area contributed by atoms with Crippen LogP contribution < -0.4 is 0 Å². The van der Waals surface area contributed by atoms with Crippen LogP contribution in [0, 0.1) is 18.6 Å². The van der Waals surface area contributed by atoms with Gasteiger partial charge in [-0.25, -0.2) is 8.78 Å². The predicted octanol–water partition coefficient (Wildman–Crippen LogP) is 5.71. The Hall–Kier alpha value is -0.740. The maximum absolute atomic E-state index is 13.6. The van der Waals surface area contributed by atoms with Crippen LogP contribution in [-0.4, -0.2) is 0 Å². The van der Waals surface area contributed by atoms with Crippen molar-refractivity contribution in [2.75, 3.05) is 0 Å². The van der Waals surface area contributed by atoms with Crippen LogP contribution in [0.15, 0.2) is 40.9 Å². The van der Waals surface area contributed by atoms with Crippen LogP contribution in [0.5, 0.6) is 0 Å². The Kier molecular flexibility index (Phi) is 4.74. The molecule has 2 rings (SSSR count). The molecule has 1 unspecified atom stereocenters. The van der Waals surface area contributed by atoms with Gasteiger partial charge in [-0.2, -0.15) is 0 Å². The van der Waals surface area contributed by atoms with E-state index in [4.69, 9.17) is 0 Å². The third-order valence-electron chi connectivity index (χ3n) is 3.06. The van der Waals surface area contributed by atoms with Crippen LogP contribution in [0.25, 0.3) is 0 Å². The zero-order valence-electron chi connectivity index (χ0n) is 10.3. The average molecular weight is 390 g/mol. The summed E-state index contributed by atoms with van der Waals surface area (Å²) in [6.45, 7) is 2.01. The molecule has 0 N–H and O–H groups in total. The van der Waals surface area contributed by atoms with E-state index in [0.717, 1.165) is 21.7 Å². The minimum atomic E-state index is -0.550. The van der Waals surface area contributed by atoms with Crippen molar-refractivity contribution in [2.24, 2.45) is 0 Å². The molecule has 4 heteroatoms. The lowest BCUT2D eigenvalue weighted by Gasteiger charge is -2.14. The van der Waals surface area contributed by atoms with Crippen molar-refractivity contribution >= 4 is 31.9 Å². The van der Waals surface area contributed by atoms with Gasteiger partial charge in [-0.05, 0) is 42.2 Å². The Morgan fingerprint density at radius 3 is 2.58 bits per heavy atom. The highest BCUT2D eigenvalue weighted by Crippen LogP contribution is 2.33. The van der Waals surface area contributed by atoms with E-state index >= 15 is 0 Å². The fourth-order valence-electron chi connectivity index (χ4n) is 1.95. The van der Waals surface area contributed by atoms with Gasteiger partial charge in [0, 0.05) is 15.4 Å². The summed E-state index contributed by atoms with van der Waals surface area (Å²) in [7, 11) is 0. The molecule has 0 aromatic heterocycles. The van der Waals surface area contributed by atoms with Crippen LogP contribution in [0.4, 0.5) is 8.78 Å². The van der Waals surface area contributed by atoms with Gasteiger partial charge < -0.3 is 0 Å². The first-order valence-electron chi connectivity index (χ1n) is 5.82. The first-order chi connectivity index (χ1) is 8.99. The van der Waals surface area contributed by atoms with E-state index in [1.54, 1.807) is 0 Å². The van der Waals surface area contributed by atoms with Crippen molar-refractivity contribution in [1.29, 1.82) is 0 Å². The van der Waals surface area contributed by atoms with Gasteiger partial charge in [-0.1, -0.05) is 50.1 Å². The molecule has 0 aliphatic heterocycles. The monoisotopic (exact) mass is 388 g/mol. The quantitative estimate of drug-likeness (QED) is 0.589. The summed E-state index contributed by atoms with van der Waals surface area (Å²) in [4.78, 5) is -0.00930. The maximum atomic E-state index is 13.6. The molecule has 0 amide bonds. The predicted molar refractivity (Wildman–Crippen MR) is 80.6 cm³/mol.